The van der Waals surface area contributed by atoms with Gasteiger partial charge in [-0.2, -0.15) is 4.31 Å². The number of rotatable bonds is 5. The number of morpholine rings is 1. The van der Waals surface area contributed by atoms with Gasteiger partial charge in [0.15, 0.2) is 6.10 Å². The van der Waals surface area contributed by atoms with Gasteiger partial charge in [0.05, 0.1) is 32.4 Å². The second-order valence-electron chi connectivity index (χ2n) is 3.70. The van der Waals surface area contributed by atoms with Crippen molar-refractivity contribution >= 4 is 22.0 Å². The molecule has 0 aromatic carbocycles. The van der Waals surface area contributed by atoms with E-state index in [-0.39, 0.29) is 19.7 Å². The maximum atomic E-state index is 11.8. The Morgan fingerprint density at radius 1 is 1.50 bits per heavy atom. The van der Waals surface area contributed by atoms with Crippen LogP contribution in [0.3, 0.4) is 0 Å². The van der Waals surface area contributed by atoms with Gasteiger partial charge in [-0.3, -0.25) is 4.79 Å². The summed E-state index contributed by atoms with van der Waals surface area (Å²) in [5.41, 5.74) is 0. The first-order valence-corrected chi connectivity index (χ1v) is 6.87. The van der Waals surface area contributed by atoms with Crippen LogP contribution in [0.15, 0.2) is 0 Å². The topological polar surface area (TPSA) is 110 Å². The molecule has 0 radical (unpaired) electrons. The average Bonchev–Trinajstić information content (AvgIpc) is 2.35. The number of ether oxygens (including phenoxy) is 2. The molecule has 8 nitrogen and oxygen atoms in total. The van der Waals surface area contributed by atoms with Crippen LogP contribution in [0.4, 0.5) is 0 Å². The van der Waals surface area contributed by atoms with E-state index < -0.39 is 40.2 Å². The monoisotopic (exact) mass is 281 g/mol. The zero-order valence-electron chi connectivity index (χ0n) is 9.87. The molecule has 1 rings (SSSR count). The summed E-state index contributed by atoms with van der Waals surface area (Å²) in [6.07, 6.45) is -1.42. The van der Waals surface area contributed by atoms with Gasteiger partial charge in [-0.05, 0) is 0 Å². The van der Waals surface area contributed by atoms with Gasteiger partial charge in [0.2, 0.25) is 10.0 Å². The van der Waals surface area contributed by atoms with E-state index >= 15 is 0 Å². The first-order valence-electron chi connectivity index (χ1n) is 5.26. The number of carbonyl (C=O) groups excluding carboxylic acids is 1. The van der Waals surface area contributed by atoms with Gasteiger partial charge in [0.25, 0.3) is 0 Å². The van der Waals surface area contributed by atoms with E-state index in [0.717, 1.165) is 4.31 Å². The smallest absolute Gasteiger partial charge is 0.336 e. The molecule has 0 bridgehead atoms. The molecule has 1 heterocycles. The van der Waals surface area contributed by atoms with Gasteiger partial charge in [0.1, 0.15) is 0 Å². The van der Waals surface area contributed by atoms with E-state index in [9.17, 15) is 18.0 Å². The van der Waals surface area contributed by atoms with Crippen molar-refractivity contribution in [3.05, 3.63) is 0 Å². The fourth-order valence-electron chi connectivity index (χ4n) is 1.50. The molecule has 1 N–H and O–H groups in total. The zero-order valence-corrected chi connectivity index (χ0v) is 10.7. The zero-order chi connectivity index (χ0) is 13.8. The van der Waals surface area contributed by atoms with Crippen LogP contribution in [0.25, 0.3) is 0 Å². The lowest BCUT2D eigenvalue weighted by atomic mass is 10.3. The molecular formula is C9H15NO7S. The maximum Gasteiger partial charge on any atom is 0.336 e. The Balaban J connectivity index is 2.65. The van der Waals surface area contributed by atoms with Crippen LogP contribution in [-0.4, -0.2) is 68.4 Å². The third-order valence-electron chi connectivity index (χ3n) is 2.46. The van der Waals surface area contributed by atoms with Crippen molar-refractivity contribution in [1.29, 1.82) is 0 Å². The quantitative estimate of drug-likeness (QED) is 0.621. The lowest BCUT2D eigenvalue weighted by Crippen LogP contribution is -2.49. The van der Waals surface area contributed by atoms with Crippen molar-refractivity contribution in [1.82, 2.24) is 4.31 Å². The summed E-state index contributed by atoms with van der Waals surface area (Å²) in [6, 6.07) is 0. The minimum Gasteiger partial charge on any atom is -0.481 e. The van der Waals surface area contributed by atoms with Crippen LogP contribution in [0.5, 0.6) is 0 Å². The van der Waals surface area contributed by atoms with Crippen LogP contribution < -0.4 is 0 Å². The number of carbonyl (C=O) groups is 2. The van der Waals surface area contributed by atoms with Gasteiger partial charge in [-0.15, -0.1) is 0 Å². The summed E-state index contributed by atoms with van der Waals surface area (Å²) >= 11 is 0. The summed E-state index contributed by atoms with van der Waals surface area (Å²) in [4.78, 5) is 21.6. The lowest BCUT2D eigenvalue weighted by Gasteiger charge is -2.30. The third-order valence-corrected chi connectivity index (χ3v) is 4.30. The van der Waals surface area contributed by atoms with Gasteiger partial charge < -0.3 is 14.6 Å². The number of aliphatic carboxylic acids is 1. The Morgan fingerprint density at radius 3 is 2.72 bits per heavy atom. The molecule has 1 atom stereocenters. The molecule has 0 saturated carbocycles. The highest BCUT2D eigenvalue weighted by Gasteiger charge is 2.33. The highest BCUT2D eigenvalue weighted by molar-refractivity contribution is 7.89. The van der Waals surface area contributed by atoms with E-state index in [1.807, 2.05) is 0 Å². The summed E-state index contributed by atoms with van der Waals surface area (Å²) in [6.45, 7) is 0.0378. The van der Waals surface area contributed by atoms with E-state index in [4.69, 9.17) is 9.84 Å². The predicted molar refractivity (Wildman–Crippen MR) is 59.4 cm³/mol. The van der Waals surface area contributed by atoms with Crippen LogP contribution in [-0.2, 0) is 29.1 Å². The number of nitrogens with zero attached hydrogens (tertiary/aromatic N) is 1. The minimum atomic E-state index is -3.69. The van der Waals surface area contributed by atoms with Crippen molar-refractivity contribution < 1.29 is 32.6 Å². The number of hydrogen-bond acceptors (Lipinski definition) is 6. The number of hydrogen-bond donors (Lipinski definition) is 1. The van der Waals surface area contributed by atoms with Gasteiger partial charge in [-0.1, -0.05) is 0 Å². The molecule has 1 fully saturated rings. The molecule has 0 aromatic rings. The molecule has 1 unspecified atom stereocenters. The molecular weight excluding hydrogens is 266 g/mol. The van der Waals surface area contributed by atoms with Crippen molar-refractivity contribution in [3.8, 4) is 0 Å². The standard InChI is InChI=1S/C9H15NO7S/c1-16-9(13)7-6-10(3-4-17-7)18(14,15)5-2-8(11)12/h7H,2-6H2,1H3,(H,11,12). The third kappa shape index (κ3) is 3.93. The molecule has 18 heavy (non-hydrogen) atoms. The van der Waals surface area contributed by atoms with Crippen LogP contribution in [0.1, 0.15) is 6.42 Å². The maximum absolute atomic E-state index is 11.8. The van der Waals surface area contributed by atoms with E-state index in [2.05, 4.69) is 4.74 Å². The van der Waals surface area contributed by atoms with Crippen LogP contribution in [0.2, 0.25) is 0 Å². The van der Waals surface area contributed by atoms with Crippen molar-refractivity contribution in [3.63, 3.8) is 0 Å². The molecule has 1 saturated heterocycles. The van der Waals surface area contributed by atoms with Crippen molar-refractivity contribution in [2.24, 2.45) is 0 Å². The molecule has 1 aliphatic heterocycles. The average molecular weight is 281 g/mol. The summed E-state index contributed by atoms with van der Waals surface area (Å²) < 4.78 is 34.2. The van der Waals surface area contributed by atoms with Crippen molar-refractivity contribution in [2.45, 2.75) is 12.5 Å². The second-order valence-corrected chi connectivity index (χ2v) is 5.79. The van der Waals surface area contributed by atoms with E-state index in [1.54, 1.807) is 0 Å². The van der Waals surface area contributed by atoms with Gasteiger partial charge in [0, 0.05) is 6.54 Å². The van der Waals surface area contributed by atoms with E-state index in [1.165, 1.54) is 7.11 Å². The number of carboxylic acid groups (broad SMARTS) is 1. The Bertz CT molecular complexity index is 419. The fourth-order valence-corrected chi connectivity index (χ4v) is 2.90. The molecule has 0 spiro atoms. The Morgan fingerprint density at radius 2 is 2.17 bits per heavy atom. The number of sulfonamides is 1. The highest BCUT2D eigenvalue weighted by atomic mass is 32.2. The van der Waals surface area contributed by atoms with Gasteiger partial charge >= 0.3 is 11.9 Å². The summed E-state index contributed by atoms with van der Waals surface area (Å²) in [5, 5.41) is 8.47. The van der Waals surface area contributed by atoms with Crippen LogP contribution >= 0.6 is 0 Å². The largest absolute Gasteiger partial charge is 0.481 e. The summed E-state index contributed by atoms with van der Waals surface area (Å²) in [7, 11) is -2.50. The number of carboxylic acids is 1. The predicted octanol–water partition coefficient (Wildman–Crippen LogP) is -1.34. The molecule has 1 aliphatic rings. The Kier molecular flexibility index (Phi) is 5.05. The molecule has 104 valence electrons. The fraction of sp³-hybridized carbons (Fsp3) is 0.778. The molecule has 0 amide bonds. The second kappa shape index (κ2) is 6.12. The van der Waals surface area contributed by atoms with Gasteiger partial charge in [-0.25, -0.2) is 13.2 Å². The first kappa shape index (κ1) is 14.9. The number of methoxy groups -OCH3 is 1. The lowest BCUT2D eigenvalue weighted by molar-refractivity contribution is -0.157. The van der Waals surface area contributed by atoms with Crippen LogP contribution in [0, 0.1) is 0 Å². The van der Waals surface area contributed by atoms with Crippen molar-refractivity contribution in [2.75, 3.05) is 32.6 Å². The first-order chi connectivity index (χ1) is 8.36. The van der Waals surface area contributed by atoms with E-state index in [0.29, 0.717) is 0 Å². The Hall–Kier alpha value is -1.19. The SMILES string of the molecule is COC(=O)C1CN(S(=O)(=O)CCC(=O)O)CCO1. The number of esters is 1. The molecule has 0 aliphatic carbocycles. The highest BCUT2D eigenvalue weighted by Crippen LogP contribution is 2.12. The molecule has 9 heteroatoms. The summed E-state index contributed by atoms with van der Waals surface area (Å²) in [5.74, 6) is -2.32. The molecule has 0 aromatic heterocycles. The normalized spacial score (nSPS) is 21.5. The minimum absolute atomic E-state index is 0.0755. The Labute approximate surface area is 105 Å².